The molecule has 2 aromatic carbocycles. The van der Waals surface area contributed by atoms with E-state index in [1.165, 1.54) is 0 Å². The minimum atomic E-state index is -0.837. The van der Waals surface area contributed by atoms with E-state index in [9.17, 15) is 19.5 Å². The van der Waals surface area contributed by atoms with Crippen molar-refractivity contribution in [3.8, 4) is 5.75 Å². The van der Waals surface area contributed by atoms with Crippen LogP contribution in [0, 0.1) is 25.7 Å². The summed E-state index contributed by atoms with van der Waals surface area (Å²) in [5, 5.41) is 18.6. The van der Waals surface area contributed by atoms with Crippen LogP contribution in [-0.2, 0) is 32.1 Å². The first-order chi connectivity index (χ1) is 19.3. The highest BCUT2D eigenvalue weighted by Crippen LogP contribution is 2.23. The maximum absolute atomic E-state index is 13.3. The number of aromatic hydroxyl groups is 1. The van der Waals surface area contributed by atoms with Gasteiger partial charge in [0.15, 0.2) is 0 Å². The van der Waals surface area contributed by atoms with Gasteiger partial charge in [-0.05, 0) is 74.1 Å². The van der Waals surface area contributed by atoms with Gasteiger partial charge in [-0.25, -0.2) is 4.79 Å². The monoisotopic (exact) mass is 569 g/mol. The van der Waals surface area contributed by atoms with E-state index >= 15 is 0 Å². The summed E-state index contributed by atoms with van der Waals surface area (Å²) in [6.45, 7) is 15.6. The number of hydrogen-bond acceptors (Lipinski definition) is 6. The molecule has 0 fully saturated rings. The molecule has 3 atom stereocenters. The average Bonchev–Trinajstić information content (AvgIpc) is 2.90. The molecule has 41 heavy (non-hydrogen) atoms. The second-order valence-electron chi connectivity index (χ2n) is 11.3. The van der Waals surface area contributed by atoms with Gasteiger partial charge in [0.05, 0.1) is 0 Å². The molecular weight excluding hydrogens is 522 g/mol. The molecular formula is C32H47N3O6. The zero-order chi connectivity index (χ0) is 31.1. The van der Waals surface area contributed by atoms with Gasteiger partial charge in [-0.15, -0.1) is 0 Å². The molecule has 0 heterocycles. The molecule has 9 nitrogen and oxygen atoms in total. The lowest BCUT2D eigenvalue weighted by atomic mass is 9.99. The van der Waals surface area contributed by atoms with Gasteiger partial charge in [-0.3, -0.25) is 9.59 Å². The van der Waals surface area contributed by atoms with Crippen LogP contribution in [0.1, 0.15) is 69.7 Å². The summed E-state index contributed by atoms with van der Waals surface area (Å²) in [4.78, 5) is 47.0. The number of aryl methyl sites for hydroxylation is 2. The van der Waals surface area contributed by atoms with E-state index in [2.05, 4.69) is 16.0 Å². The Balaban J connectivity index is 0.00000411. The Morgan fingerprint density at radius 1 is 0.780 bits per heavy atom. The van der Waals surface area contributed by atoms with E-state index in [4.69, 9.17) is 9.53 Å². The second-order valence-corrected chi connectivity index (χ2v) is 11.3. The number of nitrogens with one attached hydrogen (secondary N) is 3. The minimum Gasteiger partial charge on any atom is -0.507 e. The molecule has 0 aliphatic carbocycles. The van der Waals surface area contributed by atoms with Gasteiger partial charge in [0.2, 0.25) is 11.8 Å². The van der Waals surface area contributed by atoms with Gasteiger partial charge in [0.25, 0.3) is 0 Å². The third-order valence-corrected chi connectivity index (χ3v) is 6.35. The third-order valence-electron chi connectivity index (χ3n) is 6.35. The quantitative estimate of drug-likeness (QED) is 0.275. The first-order valence-electron chi connectivity index (χ1n) is 14.0. The van der Waals surface area contributed by atoms with Crippen LogP contribution in [0.4, 0.5) is 4.79 Å². The fourth-order valence-electron chi connectivity index (χ4n) is 4.50. The Morgan fingerprint density at radius 2 is 1.27 bits per heavy atom. The fraction of sp³-hybridized carbons (Fsp3) is 0.500. The van der Waals surface area contributed by atoms with E-state index in [1.807, 2.05) is 97.7 Å². The summed E-state index contributed by atoms with van der Waals surface area (Å²) >= 11 is 0. The standard InChI is InChI=1S/C31H45N3O5.CH2O/c1-19(2)13-26(29(36)32-23(7)17-25-15-21(5)28(35)22(6)16-25)33-30(37)27(14-20(3)4)34-31(38)39-18-24-11-9-8-10-12-24;1-2/h8-12,15-16,19-20,23,26-27,35H,13-14,17-18H2,1-7H3,(H,32,36)(H,33,37)(H,34,38);1H2/t23-,26+,27?;/m1./s1. The maximum Gasteiger partial charge on any atom is 0.408 e. The molecule has 0 saturated carbocycles. The topological polar surface area (TPSA) is 134 Å². The molecule has 0 saturated heterocycles. The van der Waals surface area contributed by atoms with Crippen molar-refractivity contribution in [2.24, 2.45) is 11.8 Å². The molecule has 2 aromatic rings. The van der Waals surface area contributed by atoms with Crippen molar-refractivity contribution >= 4 is 24.7 Å². The number of alkyl carbamates (subject to hydrolysis) is 1. The molecule has 1 unspecified atom stereocenters. The van der Waals surface area contributed by atoms with E-state index in [1.54, 1.807) is 0 Å². The summed E-state index contributed by atoms with van der Waals surface area (Å²) in [6.07, 6.45) is 0.755. The van der Waals surface area contributed by atoms with Crippen molar-refractivity contribution in [3.63, 3.8) is 0 Å². The normalized spacial score (nSPS) is 12.9. The summed E-state index contributed by atoms with van der Waals surface area (Å²) in [5.74, 6) is -0.120. The number of hydrogen-bond donors (Lipinski definition) is 4. The molecule has 2 rings (SSSR count). The molecule has 0 spiro atoms. The lowest BCUT2D eigenvalue weighted by molar-refractivity contribution is -0.130. The minimum absolute atomic E-state index is 0.0963. The Morgan fingerprint density at radius 3 is 1.78 bits per heavy atom. The van der Waals surface area contributed by atoms with Crippen LogP contribution in [0.3, 0.4) is 0 Å². The molecule has 226 valence electrons. The van der Waals surface area contributed by atoms with Crippen molar-refractivity contribution < 1.29 is 29.0 Å². The summed E-state index contributed by atoms with van der Waals surface area (Å²) in [6, 6.07) is 11.4. The largest absolute Gasteiger partial charge is 0.507 e. The Bertz CT molecular complexity index is 1100. The van der Waals surface area contributed by atoms with E-state index in [0.717, 1.165) is 22.3 Å². The highest BCUT2D eigenvalue weighted by atomic mass is 16.5. The van der Waals surface area contributed by atoms with E-state index in [-0.39, 0.29) is 36.1 Å². The predicted octanol–water partition coefficient (Wildman–Crippen LogP) is 4.74. The van der Waals surface area contributed by atoms with Crippen LogP contribution in [0.15, 0.2) is 42.5 Å². The number of amides is 3. The lowest BCUT2D eigenvalue weighted by Gasteiger charge is -2.26. The number of rotatable bonds is 13. The van der Waals surface area contributed by atoms with Gasteiger partial charge in [0, 0.05) is 6.04 Å². The van der Waals surface area contributed by atoms with Crippen LogP contribution < -0.4 is 16.0 Å². The smallest absolute Gasteiger partial charge is 0.408 e. The van der Waals surface area contributed by atoms with Crippen LogP contribution in [0.5, 0.6) is 5.75 Å². The van der Waals surface area contributed by atoms with Crippen molar-refractivity contribution in [2.75, 3.05) is 0 Å². The predicted molar refractivity (Wildman–Crippen MR) is 160 cm³/mol. The third kappa shape index (κ3) is 12.9. The van der Waals surface area contributed by atoms with Crippen LogP contribution in [0.25, 0.3) is 0 Å². The van der Waals surface area contributed by atoms with Gasteiger partial charge < -0.3 is 30.6 Å². The Labute approximate surface area is 244 Å². The van der Waals surface area contributed by atoms with Gasteiger partial charge in [0.1, 0.15) is 31.2 Å². The molecule has 4 N–H and O–H groups in total. The van der Waals surface area contributed by atoms with Gasteiger partial charge in [-0.1, -0.05) is 70.2 Å². The summed E-state index contributed by atoms with van der Waals surface area (Å²) in [5.41, 5.74) is 3.44. The van der Waals surface area contributed by atoms with Crippen molar-refractivity contribution in [1.29, 1.82) is 0 Å². The number of ether oxygens (including phenoxy) is 1. The van der Waals surface area contributed by atoms with Crippen LogP contribution in [-0.4, -0.2) is 47.9 Å². The number of benzene rings is 2. The summed E-state index contributed by atoms with van der Waals surface area (Å²) < 4.78 is 5.32. The zero-order valence-electron chi connectivity index (χ0n) is 25.5. The van der Waals surface area contributed by atoms with Gasteiger partial charge >= 0.3 is 6.09 Å². The average molecular weight is 570 g/mol. The Hall–Kier alpha value is -3.88. The molecule has 9 heteroatoms. The Kier molecular flexibility index (Phi) is 15.2. The number of carbonyl (C=O) groups is 4. The first kappa shape index (κ1) is 35.1. The summed E-state index contributed by atoms with van der Waals surface area (Å²) in [7, 11) is 0. The highest BCUT2D eigenvalue weighted by molar-refractivity contribution is 5.91. The molecule has 0 radical (unpaired) electrons. The van der Waals surface area contributed by atoms with Crippen LogP contribution in [0.2, 0.25) is 0 Å². The SMILES string of the molecule is C=O.Cc1cc(C[C@@H](C)NC(=O)[C@H](CC(C)C)NC(=O)C(CC(C)C)NC(=O)OCc2ccccc2)cc(C)c1O. The van der Waals surface area contributed by atoms with E-state index < -0.39 is 24.1 Å². The number of phenolic OH excluding ortho intramolecular Hbond substituents is 1. The number of carbonyl (C=O) groups excluding carboxylic acids is 4. The van der Waals surface area contributed by atoms with Crippen molar-refractivity contribution in [2.45, 2.75) is 92.5 Å². The molecule has 0 aliphatic rings. The fourth-order valence-corrected chi connectivity index (χ4v) is 4.50. The first-order valence-corrected chi connectivity index (χ1v) is 14.0. The molecule has 0 bridgehead atoms. The van der Waals surface area contributed by atoms with Gasteiger partial charge in [-0.2, -0.15) is 0 Å². The van der Waals surface area contributed by atoms with Crippen molar-refractivity contribution in [3.05, 3.63) is 64.7 Å². The highest BCUT2D eigenvalue weighted by Gasteiger charge is 2.29. The van der Waals surface area contributed by atoms with Crippen molar-refractivity contribution in [1.82, 2.24) is 16.0 Å². The zero-order valence-corrected chi connectivity index (χ0v) is 25.5. The molecule has 3 amide bonds. The van der Waals surface area contributed by atoms with E-state index in [0.29, 0.717) is 19.3 Å². The van der Waals surface area contributed by atoms with Crippen LogP contribution >= 0.6 is 0 Å². The second kappa shape index (κ2) is 17.7. The lowest BCUT2D eigenvalue weighted by Crippen LogP contribution is -2.55. The number of phenols is 1. The maximum atomic E-state index is 13.3. The molecule has 0 aromatic heterocycles. The molecule has 0 aliphatic heterocycles.